The van der Waals surface area contributed by atoms with Crippen molar-refractivity contribution < 1.29 is 15.0 Å². The molecule has 4 aliphatic carbocycles. The van der Waals surface area contributed by atoms with Crippen LogP contribution in [-0.4, -0.2) is 22.3 Å². The van der Waals surface area contributed by atoms with E-state index in [-0.39, 0.29) is 22.3 Å². The Hall–Kier alpha value is -0.830. The highest BCUT2D eigenvalue weighted by atomic mass is 16.4. The first-order valence-electron chi connectivity index (χ1n) is 13.6. The van der Waals surface area contributed by atoms with Gasteiger partial charge in [0.25, 0.3) is 0 Å². The van der Waals surface area contributed by atoms with Crippen molar-refractivity contribution in [3.05, 3.63) is 11.6 Å². The highest BCUT2D eigenvalue weighted by Crippen LogP contribution is 2.73. The maximum atomic E-state index is 12.3. The average molecular weight is 445 g/mol. The van der Waals surface area contributed by atoms with E-state index in [1.54, 1.807) is 0 Å². The molecule has 0 amide bonds. The molecule has 0 aliphatic heterocycles. The van der Waals surface area contributed by atoms with Gasteiger partial charge in [0.2, 0.25) is 0 Å². The third-order valence-electron chi connectivity index (χ3n) is 11.2. The molecule has 0 aromatic rings. The number of aliphatic carboxylic acids is 1. The molecule has 3 saturated carbocycles. The second-order valence-corrected chi connectivity index (χ2v) is 13.1. The fourth-order valence-corrected chi connectivity index (χ4v) is 9.32. The van der Waals surface area contributed by atoms with Crippen LogP contribution in [0.2, 0.25) is 0 Å². The molecule has 182 valence electrons. The Bertz CT molecular complexity index is 741. The van der Waals surface area contributed by atoms with Gasteiger partial charge in [-0.25, -0.2) is 0 Å². The summed E-state index contributed by atoms with van der Waals surface area (Å²) in [6.45, 7) is 12.0. The normalized spacial score (nSPS) is 44.4. The maximum absolute atomic E-state index is 12.3. The van der Waals surface area contributed by atoms with Crippen LogP contribution in [0.25, 0.3) is 0 Å². The lowest BCUT2D eigenvalue weighted by atomic mass is 9.42. The summed E-state index contributed by atoms with van der Waals surface area (Å²) in [6.07, 6.45) is 15.1. The van der Waals surface area contributed by atoms with Gasteiger partial charge in [-0.05, 0) is 91.8 Å². The lowest BCUT2D eigenvalue weighted by molar-refractivity contribution is -0.144. The third kappa shape index (κ3) is 3.79. The number of carboxylic acids is 1. The molecule has 0 radical (unpaired) electrons. The number of aliphatic hydroxyl groups is 1. The van der Waals surface area contributed by atoms with Gasteiger partial charge in [0.05, 0.1) is 12.5 Å². The second kappa shape index (κ2) is 8.75. The van der Waals surface area contributed by atoms with Gasteiger partial charge in [-0.2, -0.15) is 0 Å². The van der Waals surface area contributed by atoms with Crippen LogP contribution in [0.5, 0.6) is 0 Å². The summed E-state index contributed by atoms with van der Waals surface area (Å²) in [6, 6.07) is 0. The molecule has 4 aliphatic rings. The van der Waals surface area contributed by atoms with Gasteiger partial charge >= 0.3 is 5.97 Å². The Kier molecular flexibility index (Phi) is 6.64. The lowest BCUT2D eigenvalue weighted by Gasteiger charge is -2.62. The van der Waals surface area contributed by atoms with Gasteiger partial charge in [-0.1, -0.05) is 65.5 Å². The van der Waals surface area contributed by atoms with Gasteiger partial charge in [0.1, 0.15) is 0 Å². The van der Waals surface area contributed by atoms with Gasteiger partial charge in [0.15, 0.2) is 0 Å². The Balaban J connectivity index is 1.66. The summed E-state index contributed by atoms with van der Waals surface area (Å²) in [7, 11) is 0. The summed E-state index contributed by atoms with van der Waals surface area (Å²) < 4.78 is 0. The monoisotopic (exact) mass is 444 g/mol. The van der Waals surface area contributed by atoms with Crippen LogP contribution in [0.3, 0.4) is 0 Å². The second-order valence-electron chi connectivity index (χ2n) is 13.1. The molecule has 4 rings (SSSR count). The van der Waals surface area contributed by atoms with Crippen molar-refractivity contribution >= 4 is 5.97 Å². The van der Waals surface area contributed by atoms with Crippen molar-refractivity contribution in [2.45, 2.75) is 118 Å². The summed E-state index contributed by atoms with van der Waals surface area (Å²) >= 11 is 0. The van der Waals surface area contributed by atoms with E-state index < -0.39 is 5.97 Å². The molecule has 0 aromatic heterocycles. The summed E-state index contributed by atoms with van der Waals surface area (Å²) in [4.78, 5) is 12.3. The van der Waals surface area contributed by atoms with Crippen molar-refractivity contribution in [3.8, 4) is 0 Å². The third-order valence-corrected chi connectivity index (χ3v) is 11.2. The Morgan fingerprint density at radius 2 is 1.84 bits per heavy atom. The maximum Gasteiger partial charge on any atom is 0.304 e. The predicted octanol–water partition coefficient (Wildman–Crippen LogP) is 7.23. The molecule has 0 aromatic carbocycles. The molecule has 0 heterocycles. The molecule has 0 bridgehead atoms. The lowest BCUT2D eigenvalue weighted by Crippen LogP contribution is -2.55. The summed E-state index contributed by atoms with van der Waals surface area (Å²) in [5.41, 5.74) is 1.70. The molecule has 0 saturated heterocycles. The first-order chi connectivity index (χ1) is 15.0. The highest BCUT2D eigenvalue weighted by molar-refractivity contribution is 5.69. The van der Waals surface area contributed by atoms with E-state index in [1.807, 2.05) is 0 Å². The minimum atomic E-state index is -0.614. The molecule has 32 heavy (non-hydrogen) atoms. The van der Waals surface area contributed by atoms with Crippen LogP contribution in [-0.2, 0) is 4.79 Å². The van der Waals surface area contributed by atoms with Crippen LogP contribution in [0.4, 0.5) is 0 Å². The van der Waals surface area contributed by atoms with E-state index in [0.29, 0.717) is 30.1 Å². The molecular formula is C29H48O3. The summed E-state index contributed by atoms with van der Waals surface area (Å²) in [5, 5.41) is 20.4. The molecule has 0 spiro atoms. The van der Waals surface area contributed by atoms with Gasteiger partial charge in [0, 0.05) is 5.41 Å². The van der Waals surface area contributed by atoms with Crippen LogP contribution < -0.4 is 0 Å². The minimum absolute atomic E-state index is 0.0996. The van der Waals surface area contributed by atoms with Crippen molar-refractivity contribution in [2.75, 3.05) is 0 Å². The van der Waals surface area contributed by atoms with Crippen LogP contribution in [0, 0.1) is 45.8 Å². The molecule has 2 N–H and O–H groups in total. The average Bonchev–Trinajstić information content (AvgIpc) is 3.00. The number of aliphatic hydroxyl groups excluding tert-OH is 1. The van der Waals surface area contributed by atoms with Crippen LogP contribution in [0.1, 0.15) is 112 Å². The smallest absolute Gasteiger partial charge is 0.304 e. The number of carbonyl (C=O) groups is 1. The van der Waals surface area contributed by atoms with Gasteiger partial charge in [-0.3, -0.25) is 4.79 Å². The molecule has 3 fully saturated rings. The quantitative estimate of drug-likeness (QED) is 0.407. The van der Waals surface area contributed by atoms with Crippen molar-refractivity contribution in [1.29, 1.82) is 0 Å². The zero-order valence-electron chi connectivity index (χ0n) is 21.3. The molecule has 0 unspecified atom stereocenters. The fourth-order valence-electron chi connectivity index (χ4n) is 9.32. The standard InChI is InChI=1S/C29H48O3/c1-19(2)7-6-8-20(3)23-13-16-29(18-26(31)32)25-10-9-21-17-22(30)11-14-27(21,4)24(25)12-15-28(23,29)5/h10,19-24,30H,6-9,11-18H2,1-5H3,(H,31,32)/t20-,21+,22+,23-,24+,27+,28-,29-/m1/s1. The minimum Gasteiger partial charge on any atom is -0.481 e. The van der Waals surface area contributed by atoms with Crippen LogP contribution in [0.15, 0.2) is 11.6 Å². The first kappa shape index (κ1) is 24.3. The topological polar surface area (TPSA) is 57.5 Å². The number of hydrogen-bond donors (Lipinski definition) is 2. The van der Waals surface area contributed by atoms with Crippen molar-refractivity contribution in [1.82, 2.24) is 0 Å². The molecule has 8 atom stereocenters. The molecule has 3 nitrogen and oxygen atoms in total. The van der Waals surface area contributed by atoms with E-state index in [2.05, 4.69) is 40.7 Å². The Labute approximate surface area is 196 Å². The number of carboxylic acid groups (broad SMARTS) is 1. The highest BCUT2D eigenvalue weighted by Gasteiger charge is 2.65. The van der Waals surface area contributed by atoms with E-state index in [0.717, 1.165) is 38.0 Å². The van der Waals surface area contributed by atoms with E-state index in [9.17, 15) is 15.0 Å². The number of fused-ring (bicyclic) bond motifs is 5. The first-order valence-corrected chi connectivity index (χ1v) is 13.6. The van der Waals surface area contributed by atoms with Gasteiger partial charge < -0.3 is 10.2 Å². The Morgan fingerprint density at radius 3 is 2.53 bits per heavy atom. The van der Waals surface area contributed by atoms with E-state index in [4.69, 9.17) is 0 Å². The SMILES string of the molecule is CC(C)CCC[C@@H](C)[C@H]1CC[C@@]2(CC(=O)O)C3=CC[C@H]4C[C@@H](O)CC[C@]4(C)[C@H]3CC[C@]12C. The number of allylic oxidation sites excluding steroid dienone is 2. The predicted molar refractivity (Wildman–Crippen MR) is 130 cm³/mol. The zero-order valence-corrected chi connectivity index (χ0v) is 21.3. The molecule has 3 heteroatoms. The van der Waals surface area contributed by atoms with E-state index >= 15 is 0 Å². The largest absolute Gasteiger partial charge is 0.481 e. The fraction of sp³-hybridized carbons (Fsp3) is 0.897. The zero-order chi connectivity index (χ0) is 23.3. The number of rotatable bonds is 7. The van der Waals surface area contributed by atoms with Crippen molar-refractivity contribution in [3.63, 3.8) is 0 Å². The molecular weight excluding hydrogens is 396 g/mol. The van der Waals surface area contributed by atoms with E-state index in [1.165, 1.54) is 44.1 Å². The van der Waals surface area contributed by atoms with Crippen molar-refractivity contribution in [2.24, 2.45) is 45.8 Å². The Morgan fingerprint density at radius 1 is 1.09 bits per heavy atom. The summed E-state index contributed by atoms with van der Waals surface area (Å²) in [5.74, 6) is 2.52. The number of hydrogen-bond acceptors (Lipinski definition) is 2. The van der Waals surface area contributed by atoms with Crippen LogP contribution >= 0.6 is 0 Å². The van der Waals surface area contributed by atoms with Gasteiger partial charge in [-0.15, -0.1) is 0 Å².